The Morgan fingerprint density at radius 3 is 2.30 bits per heavy atom. The van der Waals surface area contributed by atoms with Crippen molar-refractivity contribution in [3.63, 3.8) is 0 Å². The third-order valence-corrected chi connectivity index (χ3v) is 9.36. The van der Waals surface area contributed by atoms with Gasteiger partial charge < -0.3 is 18.0 Å². The number of unbranched alkanes of at least 4 members (excludes halogenated alkanes) is 3. The van der Waals surface area contributed by atoms with Gasteiger partial charge in [0.1, 0.15) is 0 Å². The average molecular weight is 569 g/mol. The molecular weight excluding hydrogens is 513 g/mol. The lowest BCUT2D eigenvalue weighted by atomic mass is 9.97. The predicted octanol–water partition coefficient (Wildman–Crippen LogP) is 8.22. The molecule has 5 atom stereocenters. The molecule has 1 aliphatic heterocycles. The summed E-state index contributed by atoms with van der Waals surface area (Å²) in [7, 11) is -5.12. The van der Waals surface area contributed by atoms with Gasteiger partial charge in [0.15, 0.2) is 16.6 Å². The summed E-state index contributed by atoms with van der Waals surface area (Å²) >= 11 is 0. The van der Waals surface area contributed by atoms with Gasteiger partial charge in [-0.2, -0.15) is 0 Å². The number of ether oxygens (including phenoxy) is 1. The van der Waals surface area contributed by atoms with Gasteiger partial charge in [0.05, 0.1) is 24.4 Å². The Bertz CT molecular complexity index is 776. The van der Waals surface area contributed by atoms with Crippen molar-refractivity contribution in [1.82, 2.24) is 0 Å². The number of carbonyl (C=O) groups is 1. The largest absolute Gasteiger partial charge is 0.520 e. The third-order valence-electron chi connectivity index (χ3n) is 6.50. The lowest BCUT2D eigenvalue weighted by Crippen LogP contribution is -2.34. The van der Waals surface area contributed by atoms with Crippen LogP contribution < -0.4 is 0 Å². The molecule has 2 aliphatic rings. The molecule has 0 aromatic heterocycles. The molecule has 1 aliphatic carbocycles. The molecule has 0 spiro atoms. The van der Waals surface area contributed by atoms with Crippen LogP contribution in [0, 0.1) is 5.92 Å². The Labute approximate surface area is 231 Å². The van der Waals surface area contributed by atoms with Crippen molar-refractivity contribution in [1.29, 1.82) is 0 Å². The Hall–Kier alpha value is -0.519. The molecular formula is C29H56O5Si3. The van der Waals surface area contributed by atoms with Crippen LogP contribution in [0.25, 0.3) is 0 Å². The van der Waals surface area contributed by atoms with Gasteiger partial charge >= 0.3 is 0 Å². The molecule has 2 rings (SSSR count). The summed E-state index contributed by atoms with van der Waals surface area (Å²) in [5.74, 6) is 0.208. The molecule has 0 N–H and O–H groups in total. The van der Waals surface area contributed by atoms with Crippen LogP contribution in [0.15, 0.2) is 23.8 Å². The maximum atomic E-state index is 12.0. The lowest BCUT2D eigenvalue weighted by molar-refractivity contribution is -0.135. The van der Waals surface area contributed by atoms with Gasteiger partial charge in [-0.3, -0.25) is 4.79 Å². The number of hydrogen-bond donors (Lipinski definition) is 0. The first-order valence-corrected chi connectivity index (χ1v) is 24.9. The Morgan fingerprint density at radius 1 is 1.00 bits per heavy atom. The highest BCUT2D eigenvalue weighted by Gasteiger charge is 2.44. The van der Waals surface area contributed by atoms with Gasteiger partial charge in [-0.1, -0.05) is 44.4 Å². The van der Waals surface area contributed by atoms with E-state index in [1.165, 1.54) is 24.8 Å². The molecule has 5 unspecified atom stereocenters. The quantitative estimate of drug-likeness (QED) is 0.107. The molecule has 0 aromatic rings. The minimum Gasteiger partial charge on any atom is -0.520 e. The van der Waals surface area contributed by atoms with Gasteiger partial charge in [-0.05, 0) is 90.2 Å². The number of rotatable bonds is 16. The monoisotopic (exact) mass is 568 g/mol. The van der Waals surface area contributed by atoms with E-state index in [-0.39, 0.29) is 36.3 Å². The minimum absolute atomic E-state index is 0.0488. The van der Waals surface area contributed by atoms with Crippen molar-refractivity contribution in [2.24, 2.45) is 5.92 Å². The van der Waals surface area contributed by atoms with Crippen molar-refractivity contribution in [2.75, 3.05) is 0 Å². The van der Waals surface area contributed by atoms with E-state index in [2.05, 4.69) is 84.1 Å². The van der Waals surface area contributed by atoms with E-state index in [4.69, 9.17) is 18.0 Å². The van der Waals surface area contributed by atoms with E-state index >= 15 is 0 Å². The van der Waals surface area contributed by atoms with E-state index in [0.29, 0.717) is 6.42 Å². The van der Waals surface area contributed by atoms with Crippen LogP contribution in [0.1, 0.15) is 64.7 Å². The second-order valence-corrected chi connectivity index (χ2v) is 27.2. The fourth-order valence-corrected chi connectivity index (χ4v) is 8.24. The average Bonchev–Trinajstić information content (AvgIpc) is 3.23. The second-order valence-electron chi connectivity index (χ2n) is 13.8. The maximum absolute atomic E-state index is 12.0. The molecule has 1 fully saturated rings. The fourth-order valence-electron chi connectivity index (χ4n) is 5.20. The first-order valence-electron chi connectivity index (χ1n) is 14.7. The highest BCUT2D eigenvalue weighted by atomic mass is 28.4. The number of carbonyl (C=O) groups excluding carboxylic acids is 1. The SMILES string of the molecule is CCCCCC(/C=C/C1C2=CC(CCCCC(=O)O[Si](C)(C)C)OC2CC1O[Si](C)(C)C)O[Si](C)(C)C. The molecule has 5 nitrogen and oxygen atoms in total. The van der Waals surface area contributed by atoms with Crippen LogP contribution in [0.3, 0.4) is 0 Å². The molecule has 37 heavy (non-hydrogen) atoms. The van der Waals surface area contributed by atoms with E-state index in [1.54, 1.807) is 0 Å². The van der Waals surface area contributed by atoms with E-state index in [0.717, 1.165) is 32.1 Å². The predicted molar refractivity (Wildman–Crippen MR) is 162 cm³/mol. The zero-order chi connectivity index (χ0) is 27.9. The van der Waals surface area contributed by atoms with Crippen LogP contribution in [0.5, 0.6) is 0 Å². The second kappa shape index (κ2) is 14.2. The fraction of sp³-hybridized carbons (Fsp3) is 0.828. The lowest BCUT2D eigenvalue weighted by Gasteiger charge is -2.28. The van der Waals surface area contributed by atoms with Crippen LogP contribution in [0.4, 0.5) is 0 Å². The smallest absolute Gasteiger partial charge is 0.292 e. The summed E-state index contributed by atoms with van der Waals surface area (Å²) in [5, 5.41) is 0. The van der Waals surface area contributed by atoms with E-state index in [9.17, 15) is 4.79 Å². The maximum Gasteiger partial charge on any atom is 0.292 e. The Balaban J connectivity index is 2.05. The normalized spacial score (nSPS) is 25.4. The highest BCUT2D eigenvalue weighted by Crippen LogP contribution is 2.43. The van der Waals surface area contributed by atoms with E-state index < -0.39 is 25.0 Å². The van der Waals surface area contributed by atoms with Crippen LogP contribution in [-0.2, 0) is 22.8 Å². The molecule has 0 amide bonds. The summed E-state index contributed by atoms with van der Waals surface area (Å²) in [5.41, 5.74) is 1.39. The zero-order valence-corrected chi connectivity index (χ0v) is 28.5. The van der Waals surface area contributed by atoms with Crippen molar-refractivity contribution in [3.05, 3.63) is 23.8 Å². The minimum atomic E-state index is -1.80. The van der Waals surface area contributed by atoms with Crippen molar-refractivity contribution in [3.8, 4) is 0 Å². The topological polar surface area (TPSA) is 54.0 Å². The molecule has 1 heterocycles. The zero-order valence-electron chi connectivity index (χ0n) is 25.5. The molecule has 0 bridgehead atoms. The third kappa shape index (κ3) is 12.9. The van der Waals surface area contributed by atoms with Crippen molar-refractivity contribution < 1.29 is 22.8 Å². The molecule has 0 radical (unpaired) electrons. The van der Waals surface area contributed by atoms with Gasteiger partial charge in [-0.15, -0.1) is 0 Å². The number of hydrogen-bond acceptors (Lipinski definition) is 5. The first-order chi connectivity index (χ1) is 17.1. The summed E-state index contributed by atoms with van der Waals surface area (Å²) in [6.07, 6.45) is 16.7. The van der Waals surface area contributed by atoms with Gasteiger partial charge in [0.25, 0.3) is 5.97 Å². The van der Waals surface area contributed by atoms with Gasteiger partial charge in [-0.25, -0.2) is 0 Å². The summed E-state index contributed by atoms with van der Waals surface area (Å²) in [6.45, 7) is 22.1. The van der Waals surface area contributed by atoms with Crippen molar-refractivity contribution >= 4 is 30.9 Å². The standard InChI is InChI=1S/C29H56O5Si3/c1-11-12-13-16-23(32-35(2,3)4)19-20-25-26-21-24(17-14-15-18-29(30)34-37(8,9)10)31-27(26)22-28(25)33-36(5,6)7/h19-21,23-25,27-28H,11-18,22H2,1-10H3/b20-19+. The van der Waals surface area contributed by atoms with Crippen LogP contribution >= 0.6 is 0 Å². The van der Waals surface area contributed by atoms with Crippen molar-refractivity contribution in [2.45, 2.75) is 148 Å². The van der Waals surface area contributed by atoms with Gasteiger partial charge in [0, 0.05) is 18.8 Å². The summed E-state index contributed by atoms with van der Waals surface area (Å²) in [4.78, 5) is 12.0. The van der Waals surface area contributed by atoms with Gasteiger partial charge in [0.2, 0.25) is 8.32 Å². The molecule has 214 valence electrons. The number of fused-ring (bicyclic) bond motifs is 1. The van der Waals surface area contributed by atoms with E-state index in [1.807, 2.05) is 0 Å². The summed E-state index contributed by atoms with van der Waals surface area (Å²) < 4.78 is 25.3. The first kappa shape index (κ1) is 32.7. The summed E-state index contributed by atoms with van der Waals surface area (Å²) in [6, 6.07) is 0. The van der Waals surface area contributed by atoms with Crippen LogP contribution in [0.2, 0.25) is 58.9 Å². The molecule has 8 heteroatoms. The molecule has 0 saturated heterocycles. The highest BCUT2D eigenvalue weighted by molar-refractivity contribution is 6.71. The Kier molecular flexibility index (Phi) is 12.6. The Morgan fingerprint density at radius 2 is 1.70 bits per heavy atom. The molecule has 1 saturated carbocycles. The molecule has 0 aromatic carbocycles. The van der Waals surface area contributed by atoms with Crippen LogP contribution in [-0.4, -0.2) is 55.3 Å².